The molecule has 128 valence electrons. The van der Waals surface area contributed by atoms with Gasteiger partial charge in [0.1, 0.15) is 0 Å². The number of likely N-dealkylation sites (tertiary alicyclic amines) is 1. The second kappa shape index (κ2) is 6.89. The molecule has 2 aromatic rings. The molecule has 0 N–H and O–H groups in total. The summed E-state index contributed by atoms with van der Waals surface area (Å²) in [6.45, 7) is 8.34. The summed E-state index contributed by atoms with van der Waals surface area (Å²) in [4.78, 5) is 15.3. The Morgan fingerprint density at radius 3 is 2.38 bits per heavy atom. The van der Waals surface area contributed by atoms with Gasteiger partial charge in [-0.1, -0.05) is 44.2 Å². The van der Waals surface area contributed by atoms with E-state index in [0.717, 1.165) is 42.9 Å². The molecule has 0 aliphatic carbocycles. The number of carbonyl (C=O) groups is 1. The first kappa shape index (κ1) is 16.9. The lowest BCUT2D eigenvalue weighted by molar-refractivity contribution is 0.0749. The highest BCUT2D eigenvalue weighted by atomic mass is 16.2. The van der Waals surface area contributed by atoms with Gasteiger partial charge in [-0.15, -0.1) is 0 Å². The SMILES string of the molecule is Cc1c(C(C)C)c(-c2ccccc2)nn1C(=O)C1CCN(C)CC1. The van der Waals surface area contributed by atoms with Crippen molar-refractivity contribution in [3.05, 3.63) is 41.6 Å². The van der Waals surface area contributed by atoms with Crippen LogP contribution in [0.25, 0.3) is 11.3 Å². The third-order valence-corrected chi connectivity index (χ3v) is 5.06. The average Bonchev–Trinajstić information content (AvgIpc) is 2.93. The largest absolute Gasteiger partial charge is 0.306 e. The number of benzene rings is 1. The smallest absolute Gasteiger partial charge is 0.250 e. The highest BCUT2D eigenvalue weighted by molar-refractivity contribution is 5.83. The molecule has 0 unspecified atom stereocenters. The van der Waals surface area contributed by atoms with Crippen LogP contribution in [0, 0.1) is 12.8 Å². The minimum atomic E-state index is 0.0865. The summed E-state index contributed by atoms with van der Waals surface area (Å²) >= 11 is 0. The molecule has 0 saturated carbocycles. The van der Waals surface area contributed by atoms with Gasteiger partial charge in [-0.25, -0.2) is 4.68 Å². The van der Waals surface area contributed by atoms with Crippen molar-refractivity contribution in [2.24, 2.45) is 5.92 Å². The Balaban J connectivity index is 1.99. The van der Waals surface area contributed by atoms with E-state index >= 15 is 0 Å². The lowest BCUT2D eigenvalue weighted by Crippen LogP contribution is -2.36. The van der Waals surface area contributed by atoms with Crippen LogP contribution in [0.4, 0.5) is 0 Å². The van der Waals surface area contributed by atoms with Gasteiger partial charge in [-0.3, -0.25) is 4.79 Å². The van der Waals surface area contributed by atoms with E-state index in [1.54, 1.807) is 4.68 Å². The Morgan fingerprint density at radius 2 is 1.79 bits per heavy atom. The zero-order valence-electron chi connectivity index (χ0n) is 15.1. The van der Waals surface area contributed by atoms with Gasteiger partial charge in [0.15, 0.2) is 0 Å². The summed E-state index contributed by atoms with van der Waals surface area (Å²) in [6.07, 6.45) is 1.85. The number of hydrogen-bond donors (Lipinski definition) is 0. The number of carbonyl (C=O) groups excluding carboxylic acids is 1. The summed E-state index contributed by atoms with van der Waals surface area (Å²) in [5.74, 6) is 0.576. The maximum atomic E-state index is 13.0. The van der Waals surface area contributed by atoms with Gasteiger partial charge in [0.05, 0.1) is 5.69 Å². The molecule has 0 spiro atoms. The fourth-order valence-electron chi connectivity index (χ4n) is 3.66. The third kappa shape index (κ3) is 3.16. The van der Waals surface area contributed by atoms with Crippen LogP contribution < -0.4 is 0 Å². The summed E-state index contributed by atoms with van der Waals surface area (Å²) in [5.41, 5.74) is 4.21. The van der Waals surface area contributed by atoms with E-state index in [-0.39, 0.29) is 11.8 Å². The van der Waals surface area contributed by atoms with Crippen LogP contribution in [-0.2, 0) is 0 Å². The van der Waals surface area contributed by atoms with Gasteiger partial charge in [0.25, 0.3) is 0 Å². The van der Waals surface area contributed by atoms with Crippen LogP contribution in [0.2, 0.25) is 0 Å². The molecule has 4 heteroatoms. The van der Waals surface area contributed by atoms with Crippen molar-refractivity contribution >= 4 is 5.91 Å². The van der Waals surface area contributed by atoms with Crippen molar-refractivity contribution < 1.29 is 4.79 Å². The van der Waals surface area contributed by atoms with Crippen LogP contribution >= 0.6 is 0 Å². The first-order valence-corrected chi connectivity index (χ1v) is 8.86. The molecule has 0 atom stereocenters. The number of aromatic nitrogens is 2. The molecule has 1 aromatic heterocycles. The van der Waals surface area contributed by atoms with Gasteiger partial charge in [-0.2, -0.15) is 5.10 Å². The second-order valence-electron chi connectivity index (χ2n) is 7.20. The van der Waals surface area contributed by atoms with Crippen LogP contribution in [0.5, 0.6) is 0 Å². The molecule has 1 aliphatic rings. The second-order valence-corrected chi connectivity index (χ2v) is 7.20. The molecule has 1 saturated heterocycles. The maximum absolute atomic E-state index is 13.0. The molecule has 2 heterocycles. The number of piperidine rings is 1. The Bertz CT molecular complexity index is 710. The van der Waals surface area contributed by atoms with Crippen molar-refractivity contribution in [1.82, 2.24) is 14.7 Å². The van der Waals surface area contributed by atoms with Crippen LogP contribution in [-0.4, -0.2) is 40.7 Å². The molecular formula is C20H27N3O. The lowest BCUT2D eigenvalue weighted by atomic mass is 9.95. The highest BCUT2D eigenvalue weighted by Crippen LogP contribution is 2.32. The standard InChI is InChI=1S/C20H27N3O/c1-14(2)18-15(3)23(20(24)17-10-12-22(4)13-11-17)21-19(18)16-8-6-5-7-9-16/h5-9,14,17H,10-13H2,1-4H3. The first-order valence-electron chi connectivity index (χ1n) is 8.86. The number of rotatable bonds is 3. The highest BCUT2D eigenvalue weighted by Gasteiger charge is 2.28. The molecule has 1 aromatic carbocycles. The van der Waals surface area contributed by atoms with Gasteiger partial charge in [0.2, 0.25) is 5.91 Å². The minimum Gasteiger partial charge on any atom is -0.306 e. The fourth-order valence-corrected chi connectivity index (χ4v) is 3.66. The maximum Gasteiger partial charge on any atom is 0.250 e. The Labute approximate surface area is 144 Å². The Kier molecular flexibility index (Phi) is 4.86. The zero-order valence-corrected chi connectivity index (χ0v) is 15.1. The molecule has 1 aliphatic heterocycles. The van der Waals surface area contributed by atoms with Crippen molar-refractivity contribution in [2.45, 2.75) is 39.5 Å². The third-order valence-electron chi connectivity index (χ3n) is 5.06. The van der Waals surface area contributed by atoms with Gasteiger partial charge in [-0.05, 0) is 45.8 Å². The zero-order chi connectivity index (χ0) is 17.3. The van der Waals surface area contributed by atoms with E-state index in [1.807, 2.05) is 25.1 Å². The van der Waals surface area contributed by atoms with E-state index in [4.69, 9.17) is 5.10 Å². The number of nitrogens with zero attached hydrogens (tertiary/aromatic N) is 3. The molecule has 1 fully saturated rings. The molecular weight excluding hydrogens is 298 g/mol. The normalized spacial score (nSPS) is 16.7. The predicted molar refractivity (Wildman–Crippen MR) is 97.3 cm³/mol. The van der Waals surface area contributed by atoms with Gasteiger partial charge in [0, 0.05) is 22.7 Å². The number of hydrogen-bond acceptors (Lipinski definition) is 3. The molecule has 4 nitrogen and oxygen atoms in total. The average molecular weight is 325 g/mol. The summed E-state index contributed by atoms with van der Waals surface area (Å²) in [5, 5.41) is 4.75. The summed E-state index contributed by atoms with van der Waals surface area (Å²) < 4.78 is 1.67. The van der Waals surface area contributed by atoms with Crippen LogP contribution in [0.3, 0.4) is 0 Å². The molecule has 0 bridgehead atoms. The van der Waals surface area contributed by atoms with Crippen molar-refractivity contribution in [1.29, 1.82) is 0 Å². The van der Waals surface area contributed by atoms with Crippen LogP contribution in [0.15, 0.2) is 30.3 Å². The summed E-state index contributed by atoms with van der Waals surface area (Å²) in [7, 11) is 2.12. The van der Waals surface area contributed by atoms with E-state index in [0.29, 0.717) is 5.92 Å². The molecule has 0 radical (unpaired) electrons. The quantitative estimate of drug-likeness (QED) is 0.857. The van der Waals surface area contributed by atoms with Crippen molar-refractivity contribution in [3.8, 4) is 11.3 Å². The monoisotopic (exact) mass is 325 g/mol. The summed E-state index contributed by atoms with van der Waals surface area (Å²) in [6, 6.07) is 10.2. The molecule has 24 heavy (non-hydrogen) atoms. The van der Waals surface area contributed by atoms with Crippen molar-refractivity contribution in [3.63, 3.8) is 0 Å². The topological polar surface area (TPSA) is 38.1 Å². The van der Waals surface area contributed by atoms with E-state index in [9.17, 15) is 4.79 Å². The minimum absolute atomic E-state index is 0.0865. The van der Waals surface area contributed by atoms with E-state index in [1.165, 1.54) is 5.56 Å². The van der Waals surface area contributed by atoms with Crippen molar-refractivity contribution in [2.75, 3.05) is 20.1 Å². The predicted octanol–water partition coefficient (Wildman–Crippen LogP) is 3.96. The Hall–Kier alpha value is -1.94. The van der Waals surface area contributed by atoms with E-state index in [2.05, 4.69) is 37.9 Å². The molecule has 3 rings (SSSR count). The van der Waals surface area contributed by atoms with Gasteiger partial charge < -0.3 is 4.90 Å². The first-order chi connectivity index (χ1) is 11.5. The fraction of sp³-hybridized carbons (Fsp3) is 0.500. The lowest BCUT2D eigenvalue weighted by Gasteiger charge is -2.27. The van der Waals surface area contributed by atoms with Gasteiger partial charge >= 0.3 is 0 Å². The van der Waals surface area contributed by atoms with E-state index < -0.39 is 0 Å². The molecule has 0 amide bonds. The Morgan fingerprint density at radius 1 is 1.17 bits per heavy atom. The van der Waals surface area contributed by atoms with Crippen LogP contribution in [0.1, 0.15) is 48.7 Å².